The first kappa shape index (κ1) is 18.5. The lowest BCUT2D eigenvalue weighted by molar-refractivity contribution is -0.152. The van der Waals surface area contributed by atoms with E-state index in [1.807, 2.05) is 23.1 Å². The number of piperidine rings is 3. The Kier molecular flexibility index (Phi) is 4.72. The van der Waals surface area contributed by atoms with Gasteiger partial charge < -0.3 is 9.80 Å². The summed E-state index contributed by atoms with van der Waals surface area (Å²) < 4.78 is 0. The molecule has 0 radical (unpaired) electrons. The molecular weight excluding hydrogens is 364 g/mol. The Morgan fingerprint density at radius 2 is 1.93 bits per heavy atom. The van der Waals surface area contributed by atoms with E-state index in [0.29, 0.717) is 35.8 Å². The van der Waals surface area contributed by atoms with Crippen molar-refractivity contribution in [1.82, 2.24) is 19.8 Å². The second kappa shape index (κ2) is 7.39. The number of carbonyl (C=O) groups is 2. The summed E-state index contributed by atoms with van der Waals surface area (Å²) >= 11 is 0. The van der Waals surface area contributed by atoms with Gasteiger partial charge in [0.05, 0.1) is 11.0 Å². The van der Waals surface area contributed by atoms with Gasteiger partial charge >= 0.3 is 0 Å². The Labute approximate surface area is 171 Å². The third-order valence-electron chi connectivity index (χ3n) is 7.08. The summed E-state index contributed by atoms with van der Waals surface area (Å²) in [6, 6.07) is 6.19. The van der Waals surface area contributed by atoms with E-state index in [2.05, 4.69) is 21.8 Å². The standard InChI is InChI=1S/C23H28N4O2/c1-2-4-20-16-11-17(21-5-3-6-22(28)27(20)21)14-26(13-16)23(29)15-7-8-18-19(12-15)25-10-9-24-18/h7-10,12,16-17,20-21H,2-6,11,13-14H2,1H3/t16-,17+,20-,21-/m0/s1. The van der Waals surface area contributed by atoms with Crippen LogP contribution in [0.1, 0.15) is 55.8 Å². The predicted molar refractivity (Wildman–Crippen MR) is 110 cm³/mol. The lowest BCUT2D eigenvalue weighted by Gasteiger charge is -2.56. The van der Waals surface area contributed by atoms with Gasteiger partial charge in [0.25, 0.3) is 5.91 Å². The predicted octanol–water partition coefficient (Wildman–Crippen LogP) is 3.27. The molecule has 3 aliphatic rings. The number of rotatable bonds is 3. The first-order valence-electron chi connectivity index (χ1n) is 11.0. The Hall–Kier alpha value is -2.50. The zero-order valence-electron chi connectivity index (χ0n) is 17.0. The molecule has 1 aromatic carbocycles. The van der Waals surface area contributed by atoms with Crippen molar-refractivity contribution in [2.75, 3.05) is 13.1 Å². The lowest BCUT2D eigenvalue weighted by Crippen LogP contribution is -2.65. The Balaban J connectivity index is 1.42. The minimum Gasteiger partial charge on any atom is -0.338 e. The maximum atomic E-state index is 13.4. The van der Waals surface area contributed by atoms with E-state index in [1.165, 1.54) is 0 Å². The van der Waals surface area contributed by atoms with Gasteiger partial charge in [0.2, 0.25) is 5.91 Å². The molecule has 3 fully saturated rings. The van der Waals surface area contributed by atoms with Gasteiger partial charge in [-0.05, 0) is 55.7 Å². The van der Waals surface area contributed by atoms with Crippen molar-refractivity contribution in [2.24, 2.45) is 11.8 Å². The number of carbonyl (C=O) groups excluding carboxylic acids is 2. The summed E-state index contributed by atoms with van der Waals surface area (Å²) in [5.41, 5.74) is 2.24. The third kappa shape index (κ3) is 3.18. The maximum absolute atomic E-state index is 13.4. The van der Waals surface area contributed by atoms with Gasteiger partial charge in [-0.1, -0.05) is 13.3 Å². The zero-order chi connectivity index (χ0) is 20.0. The third-order valence-corrected chi connectivity index (χ3v) is 7.08. The molecule has 4 atom stereocenters. The van der Waals surface area contributed by atoms with Crippen LogP contribution in [-0.2, 0) is 4.79 Å². The van der Waals surface area contributed by atoms with E-state index >= 15 is 0 Å². The van der Waals surface area contributed by atoms with Crippen molar-refractivity contribution >= 4 is 22.8 Å². The molecule has 6 heteroatoms. The van der Waals surface area contributed by atoms with Crippen LogP contribution in [0.5, 0.6) is 0 Å². The van der Waals surface area contributed by atoms with Gasteiger partial charge in [-0.25, -0.2) is 0 Å². The molecule has 0 unspecified atom stereocenters. The molecule has 152 valence electrons. The van der Waals surface area contributed by atoms with Crippen LogP contribution in [0, 0.1) is 11.8 Å². The fraction of sp³-hybridized carbons (Fsp3) is 0.565. The molecule has 6 nitrogen and oxygen atoms in total. The summed E-state index contributed by atoms with van der Waals surface area (Å²) in [7, 11) is 0. The normalized spacial score (nSPS) is 29.1. The number of hydrogen-bond donors (Lipinski definition) is 0. The van der Waals surface area contributed by atoms with E-state index in [9.17, 15) is 9.59 Å². The number of amides is 2. The van der Waals surface area contributed by atoms with Crippen molar-refractivity contribution in [3.8, 4) is 0 Å². The lowest BCUT2D eigenvalue weighted by atomic mass is 9.71. The van der Waals surface area contributed by atoms with Gasteiger partial charge in [0.1, 0.15) is 0 Å². The first-order chi connectivity index (χ1) is 14.2. The number of likely N-dealkylation sites (tertiary alicyclic amines) is 1. The topological polar surface area (TPSA) is 66.4 Å². The highest BCUT2D eigenvalue weighted by molar-refractivity contribution is 5.97. The molecule has 4 heterocycles. The summed E-state index contributed by atoms with van der Waals surface area (Å²) in [5, 5.41) is 0. The summed E-state index contributed by atoms with van der Waals surface area (Å²) in [6.07, 6.45) is 9.33. The molecule has 0 N–H and O–H groups in total. The van der Waals surface area contributed by atoms with E-state index in [0.717, 1.165) is 56.2 Å². The van der Waals surface area contributed by atoms with Crippen LogP contribution in [0.15, 0.2) is 30.6 Å². The van der Waals surface area contributed by atoms with Crippen molar-refractivity contribution in [2.45, 2.75) is 57.5 Å². The second-order valence-electron chi connectivity index (χ2n) is 8.84. The second-order valence-corrected chi connectivity index (χ2v) is 8.84. The highest BCUT2D eigenvalue weighted by Crippen LogP contribution is 2.43. The van der Waals surface area contributed by atoms with Crippen LogP contribution in [0.3, 0.4) is 0 Å². The maximum Gasteiger partial charge on any atom is 0.253 e. The molecule has 2 aromatic rings. The smallest absolute Gasteiger partial charge is 0.253 e. The molecule has 29 heavy (non-hydrogen) atoms. The average Bonchev–Trinajstić information content (AvgIpc) is 2.76. The Morgan fingerprint density at radius 3 is 2.76 bits per heavy atom. The van der Waals surface area contributed by atoms with Gasteiger partial charge in [0.15, 0.2) is 0 Å². The highest BCUT2D eigenvalue weighted by atomic mass is 16.2. The Bertz CT molecular complexity index is 945. The highest BCUT2D eigenvalue weighted by Gasteiger charge is 2.49. The van der Waals surface area contributed by atoms with Gasteiger partial charge in [0, 0.05) is 49.6 Å². The van der Waals surface area contributed by atoms with Gasteiger partial charge in [-0.15, -0.1) is 0 Å². The minimum atomic E-state index is 0.0816. The van der Waals surface area contributed by atoms with Gasteiger partial charge in [-0.3, -0.25) is 19.6 Å². The molecule has 2 bridgehead atoms. The largest absolute Gasteiger partial charge is 0.338 e. The van der Waals surface area contributed by atoms with Crippen LogP contribution in [0.25, 0.3) is 11.0 Å². The molecule has 3 saturated heterocycles. The molecule has 0 aliphatic carbocycles. The minimum absolute atomic E-state index is 0.0816. The van der Waals surface area contributed by atoms with Crippen LogP contribution in [0.2, 0.25) is 0 Å². The number of fused-ring (bicyclic) bond motifs is 5. The number of hydrogen-bond acceptors (Lipinski definition) is 4. The zero-order valence-corrected chi connectivity index (χ0v) is 17.0. The summed E-state index contributed by atoms with van der Waals surface area (Å²) in [5.74, 6) is 1.20. The van der Waals surface area contributed by atoms with Crippen LogP contribution < -0.4 is 0 Å². The van der Waals surface area contributed by atoms with Gasteiger partial charge in [-0.2, -0.15) is 0 Å². The van der Waals surface area contributed by atoms with E-state index < -0.39 is 0 Å². The molecule has 3 aliphatic heterocycles. The molecule has 0 saturated carbocycles. The monoisotopic (exact) mass is 392 g/mol. The Morgan fingerprint density at radius 1 is 1.14 bits per heavy atom. The van der Waals surface area contributed by atoms with Crippen LogP contribution in [-0.4, -0.2) is 56.8 Å². The quantitative estimate of drug-likeness (QED) is 0.804. The SMILES string of the molecule is CCC[C@H]1[C@H]2C[C@H](CN(C(=O)c3ccc4nccnc4c3)C2)[C@@H]2CCCC(=O)N21. The molecule has 0 spiro atoms. The van der Waals surface area contributed by atoms with E-state index in [1.54, 1.807) is 12.4 Å². The number of benzene rings is 1. The first-order valence-corrected chi connectivity index (χ1v) is 11.0. The fourth-order valence-corrected chi connectivity index (χ4v) is 5.89. The average molecular weight is 393 g/mol. The number of nitrogens with zero attached hydrogens (tertiary/aromatic N) is 4. The van der Waals surface area contributed by atoms with Crippen LogP contribution >= 0.6 is 0 Å². The molecule has 2 amide bonds. The van der Waals surface area contributed by atoms with Crippen molar-refractivity contribution in [3.05, 3.63) is 36.2 Å². The van der Waals surface area contributed by atoms with Crippen molar-refractivity contribution < 1.29 is 9.59 Å². The molecule has 1 aromatic heterocycles. The summed E-state index contributed by atoms with van der Waals surface area (Å²) in [6.45, 7) is 3.69. The van der Waals surface area contributed by atoms with E-state index in [4.69, 9.17) is 0 Å². The fourth-order valence-electron chi connectivity index (χ4n) is 5.89. The van der Waals surface area contributed by atoms with E-state index in [-0.39, 0.29) is 11.9 Å². The number of aromatic nitrogens is 2. The van der Waals surface area contributed by atoms with Crippen molar-refractivity contribution in [3.63, 3.8) is 0 Å². The van der Waals surface area contributed by atoms with Crippen molar-refractivity contribution in [1.29, 1.82) is 0 Å². The molecule has 5 rings (SSSR count). The molecular formula is C23H28N4O2. The summed E-state index contributed by atoms with van der Waals surface area (Å²) in [4.78, 5) is 39.0. The van der Waals surface area contributed by atoms with Crippen LogP contribution in [0.4, 0.5) is 0 Å².